The molecule has 0 aliphatic rings. The van der Waals surface area contributed by atoms with E-state index in [1.165, 1.54) is 6.33 Å². The van der Waals surface area contributed by atoms with Gasteiger partial charge >= 0.3 is 0 Å². The summed E-state index contributed by atoms with van der Waals surface area (Å²) >= 11 is 6.24. The molecule has 2 rings (SSSR count). The van der Waals surface area contributed by atoms with Crippen LogP contribution in [-0.2, 0) is 0 Å². The average Bonchev–Trinajstić information content (AvgIpc) is 2.41. The van der Waals surface area contributed by atoms with Crippen molar-refractivity contribution in [2.45, 2.75) is 26.7 Å². The van der Waals surface area contributed by atoms with Gasteiger partial charge in [-0.3, -0.25) is 0 Å². The maximum Gasteiger partial charge on any atom is 0.224 e. The van der Waals surface area contributed by atoms with Gasteiger partial charge in [0.05, 0.1) is 0 Å². The van der Waals surface area contributed by atoms with Crippen LogP contribution in [0.3, 0.4) is 0 Å². The number of hydrazine groups is 1. The largest absolute Gasteiger partial charge is 0.439 e. The SMILES string of the molecule is Cc1cc(Cl)c(C(C)C)cc1Oc1cc(NN)ncn1. The first-order valence-electron chi connectivity index (χ1n) is 6.27. The molecule has 0 aliphatic heterocycles. The lowest BCUT2D eigenvalue weighted by Crippen LogP contribution is -2.08. The minimum atomic E-state index is 0.317. The summed E-state index contributed by atoms with van der Waals surface area (Å²) in [7, 11) is 0. The number of halogens is 1. The Morgan fingerprint density at radius 2 is 2.00 bits per heavy atom. The van der Waals surface area contributed by atoms with Gasteiger partial charge in [-0.25, -0.2) is 15.8 Å². The van der Waals surface area contributed by atoms with Gasteiger partial charge in [0.15, 0.2) is 0 Å². The number of hydrogen-bond donors (Lipinski definition) is 2. The van der Waals surface area contributed by atoms with Crippen LogP contribution in [0.15, 0.2) is 24.5 Å². The Morgan fingerprint density at radius 1 is 1.25 bits per heavy atom. The number of aromatic nitrogens is 2. The molecular formula is C14H17ClN4O. The minimum Gasteiger partial charge on any atom is -0.439 e. The van der Waals surface area contributed by atoms with Crippen molar-refractivity contribution in [2.24, 2.45) is 5.84 Å². The first-order chi connectivity index (χ1) is 9.51. The van der Waals surface area contributed by atoms with Gasteiger partial charge < -0.3 is 10.2 Å². The van der Waals surface area contributed by atoms with Crippen LogP contribution in [0.5, 0.6) is 11.6 Å². The van der Waals surface area contributed by atoms with Gasteiger partial charge in [0, 0.05) is 11.1 Å². The molecule has 6 heteroatoms. The molecule has 0 atom stereocenters. The van der Waals surface area contributed by atoms with E-state index >= 15 is 0 Å². The summed E-state index contributed by atoms with van der Waals surface area (Å²) in [5, 5.41) is 0.747. The van der Waals surface area contributed by atoms with E-state index in [2.05, 4.69) is 29.2 Å². The molecule has 1 aromatic heterocycles. The number of anilines is 1. The molecule has 106 valence electrons. The second-order valence-electron chi connectivity index (χ2n) is 4.78. The number of rotatable bonds is 4. The summed E-state index contributed by atoms with van der Waals surface area (Å²) in [6, 6.07) is 5.47. The van der Waals surface area contributed by atoms with Crippen LogP contribution in [0.4, 0.5) is 5.82 Å². The first kappa shape index (κ1) is 14.6. The molecule has 0 spiro atoms. The fourth-order valence-corrected chi connectivity index (χ4v) is 2.24. The monoisotopic (exact) mass is 292 g/mol. The number of benzene rings is 1. The highest BCUT2D eigenvalue weighted by molar-refractivity contribution is 6.31. The highest BCUT2D eigenvalue weighted by Gasteiger charge is 2.11. The summed E-state index contributed by atoms with van der Waals surface area (Å²) in [6.07, 6.45) is 1.39. The summed E-state index contributed by atoms with van der Waals surface area (Å²) in [6.45, 7) is 6.11. The van der Waals surface area contributed by atoms with Gasteiger partial charge in [0.25, 0.3) is 0 Å². The molecule has 20 heavy (non-hydrogen) atoms. The Labute approximate surface area is 123 Å². The maximum atomic E-state index is 6.24. The maximum absolute atomic E-state index is 6.24. The number of hydrogen-bond acceptors (Lipinski definition) is 5. The molecule has 0 aliphatic carbocycles. The molecule has 0 amide bonds. The number of nitrogens with one attached hydrogen (secondary N) is 1. The molecule has 0 unspecified atom stereocenters. The van der Waals surface area contributed by atoms with Crippen molar-refractivity contribution >= 4 is 17.4 Å². The van der Waals surface area contributed by atoms with E-state index in [0.717, 1.165) is 21.9 Å². The van der Waals surface area contributed by atoms with E-state index in [1.54, 1.807) is 6.07 Å². The van der Waals surface area contributed by atoms with Gasteiger partial charge in [-0.1, -0.05) is 25.4 Å². The lowest BCUT2D eigenvalue weighted by molar-refractivity contribution is 0.457. The van der Waals surface area contributed by atoms with Crippen molar-refractivity contribution in [1.29, 1.82) is 0 Å². The molecule has 0 bridgehead atoms. The fourth-order valence-electron chi connectivity index (χ4n) is 1.81. The van der Waals surface area contributed by atoms with Crippen molar-refractivity contribution in [3.8, 4) is 11.6 Å². The molecule has 3 N–H and O–H groups in total. The minimum absolute atomic E-state index is 0.317. The smallest absolute Gasteiger partial charge is 0.224 e. The zero-order chi connectivity index (χ0) is 14.7. The van der Waals surface area contributed by atoms with Gasteiger partial charge in [-0.15, -0.1) is 0 Å². The van der Waals surface area contributed by atoms with Crippen LogP contribution in [0.1, 0.15) is 30.9 Å². The highest BCUT2D eigenvalue weighted by atomic mass is 35.5. The molecule has 2 aromatic rings. The van der Waals surface area contributed by atoms with Crippen LogP contribution in [0.25, 0.3) is 0 Å². The van der Waals surface area contributed by atoms with E-state index in [-0.39, 0.29) is 0 Å². The molecule has 0 fully saturated rings. The topological polar surface area (TPSA) is 73.1 Å². The third-order valence-electron chi connectivity index (χ3n) is 2.92. The van der Waals surface area contributed by atoms with Crippen LogP contribution in [0.2, 0.25) is 5.02 Å². The second-order valence-corrected chi connectivity index (χ2v) is 5.19. The molecule has 1 heterocycles. The lowest BCUT2D eigenvalue weighted by atomic mass is 10.0. The predicted octanol–water partition coefficient (Wildman–Crippen LogP) is 3.64. The van der Waals surface area contributed by atoms with E-state index in [0.29, 0.717) is 17.6 Å². The third kappa shape index (κ3) is 3.18. The van der Waals surface area contributed by atoms with E-state index < -0.39 is 0 Å². The van der Waals surface area contributed by atoms with Crippen molar-refractivity contribution in [1.82, 2.24) is 9.97 Å². The van der Waals surface area contributed by atoms with Gasteiger partial charge in [0.1, 0.15) is 17.9 Å². The first-order valence-corrected chi connectivity index (χ1v) is 6.65. The number of nitrogen functional groups attached to an aromatic ring is 1. The van der Waals surface area contributed by atoms with E-state index in [9.17, 15) is 0 Å². The molecule has 0 radical (unpaired) electrons. The Hall–Kier alpha value is -1.85. The number of nitrogens with zero attached hydrogens (tertiary/aromatic N) is 2. The predicted molar refractivity (Wildman–Crippen MR) is 80.2 cm³/mol. The van der Waals surface area contributed by atoms with E-state index in [1.807, 2.05) is 19.1 Å². The van der Waals surface area contributed by atoms with E-state index in [4.69, 9.17) is 22.2 Å². The highest BCUT2D eigenvalue weighted by Crippen LogP contribution is 2.33. The number of ether oxygens (including phenoxy) is 1. The fraction of sp³-hybridized carbons (Fsp3) is 0.286. The van der Waals surface area contributed by atoms with Crippen molar-refractivity contribution < 1.29 is 4.74 Å². The normalized spacial score (nSPS) is 10.7. The zero-order valence-electron chi connectivity index (χ0n) is 11.6. The lowest BCUT2D eigenvalue weighted by Gasteiger charge is -2.14. The van der Waals surface area contributed by atoms with Crippen LogP contribution >= 0.6 is 11.6 Å². The molecule has 5 nitrogen and oxygen atoms in total. The summed E-state index contributed by atoms with van der Waals surface area (Å²) < 4.78 is 5.79. The third-order valence-corrected chi connectivity index (χ3v) is 3.25. The van der Waals surface area contributed by atoms with Crippen molar-refractivity contribution in [3.63, 3.8) is 0 Å². The molecule has 0 saturated carbocycles. The van der Waals surface area contributed by atoms with Gasteiger partial charge in [0.2, 0.25) is 5.88 Å². The van der Waals surface area contributed by atoms with Crippen molar-refractivity contribution in [2.75, 3.05) is 5.43 Å². The Balaban J connectivity index is 2.35. The Bertz CT molecular complexity index is 616. The van der Waals surface area contributed by atoms with Gasteiger partial charge in [-0.2, -0.15) is 0 Å². The van der Waals surface area contributed by atoms with Crippen LogP contribution in [-0.4, -0.2) is 9.97 Å². The summed E-state index contributed by atoms with van der Waals surface area (Å²) in [5.74, 6) is 7.27. The van der Waals surface area contributed by atoms with Crippen molar-refractivity contribution in [3.05, 3.63) is 40.7 Å². The van der Waals surface area contributed by atoms with Gasteiger partial charge in [-0.05, 0) is 36.1 Å². The Kier molecular flexibility index (Phi) is 4.42. The number of aryl methyl sites for hydroxylation is 1. The van der Waals surface area contributed by atoms with Crippen LogP contribution < -0.4 is 16.0 Å². The molecule has 1 aromatic carbocycles. The molecular weight excluding hydrogens is 276 g/mol. The number of nitrogens with two attached hydrogens (primary N) is 1. The Morgan fingerprint density at radius 3 is 2.65 bits per heavy atom. The summed E-state index contributed by atoms with van der Waals surface area (Å²) in [4.78, 5) is 7.99. The second kappa shape index (κ2) is 6.07. The average molecular weight is 293 g/mol. The zero-order valence-corrected chi connectivity index (χ0v) is 12.4. The molecule has 0 saturated heterocycles. The quantitative estimate of drug-likeness (QED) is 0.665. The summed E-state index contributed by atoms with van der Waals surface area (Å²) in [5.41, 5.74) is 4.44. The standard InChI is InChI=1S/C14H17ClN4O/c1-8(2)10-5-12(9(3)4-11(10)15)20-14-6-13(19-16)17-7-18-14/h4-8H,16H2,1-3H3,(H,17,18,19). The van der Waals surface area contributed by atoms with Crippen LogP contribution in [0, 0.1) is 6.92 Å².